The summed E-state index contributed by atoms with van der Waals surface area (Å²) in [5.41, 5.74) is 0. The molecule has 24 radical (unpaired) electrons. The summed E-state index contributed by atoms with van der Waals surface area (Å²) in [6.07, 6.45) is 0. The van der Waals surface area contributed by atoms with Crippen molar-refractivity contribution in [2.24, 2.45) is 0 Å². The second-order valence-corrected chi connectivity index (χ2v) is 0. The SMILES string of the molecule is C.C.C.C.C.C.C.C.C.C.C.C.C.C.[2HH].[2HH].[2HH].[2HH].[2HH].[2HH].[2HH].[2HH].[2HH].[2HH].[2HH].[2HH].[2HH].[2HH].[2HH].[2HH].[2HH].[2HH].[2HH].[3H]I=O.[3H]I=O.[3H]I=O.[3H]I=O.[B].[B].[B].[B].[B].[B].[B].[B].[O]=[Zn]. The minimum absolute atomic E-state index is 0. The first-order valence-electron chi connectivity index (χ1n) is 2.42. The molecule has 0 spiro atoms. The molecular formula is C14H98B8I4O5Zn. The third kappa shape index (κ3) is 3620. The first kappa shape index (κ1) is 280. The van der Waals surface area contributed by atoms with Crippen LogP contribution in [0, 0.1) is 0 Å². The standard InChI is InChI=1S/14CH4.8B.4HIO.O.Zn.19H2/c;;;;;;;;;;;;;;;;;;;;;;4*1-2;;;;;;;;;;;;;;;;;;;;;/h14*1H4;;;;;;;;;4*1H;;;19*1H/i;;;;;;;;;;;;;;;;;;;;;;4*1T;;;19*1+1. The summed E-state index contributed by atoms with van der Waals surface area (Å²) in [6.45, 7) is 0. The van der Waals surface area contributed by atoms with Crippen LogP contribution in [0.5, 0.6) is 0 Å². The average Bonchev–Trinajstić information content (AvgIpc) is 2.12. The zero-order chi connectivity index (χ0) is 12.8. The van der Waals surface area contributed by atoms with Crippen molar-refractivity contribution in [2.45, 2.75) is 104 Å². The summed E-state index contributed by atoms with van der Waals surface area (Å²) in [4.78, 5) is 0. The molecule has 0 saturated carbocycles. The predicted molar refractivity (Wildman–Crippen MR) is 246 cm³/mol. The van der Waals surface area contributed by atoms with Crippen LogP contribution in [0.25, 0.3) is 0 Å². The molecule has 18 heteroatoms. The van der Waals surface area contributed by atoms with Gasteiger partial charge in [0.1, 0.15) is 91.9 Å². The molecule has 0 aliphatic carbocycles. The van der Waals surface area contributed by atoms with E-state index in [9.17, 15) is 0 Å². The molecule has 0 atom stereocenters. The van der Waals surface area contributed by atoms with E-state index in [4.69, 9.17) is 18.2 Å². The Hall–Kier alpha value is 3.06. The molecule has 238 valence electrons. The van der Waals surface area contributed by atoms with Crippen LogP contribution < -0.4 is 0 Å². The van der Waals surface area contributed by atoms with Crippen LogP contribution in [0.1, 0.15) is 131 Å². The predicted octanol–water partition coefficient (Wildman–Crippen LogP) is 12.4. The third-order valence-electron chi connectivity index (χ3n) is 0. The molecule has 0 aromatic rings. The molecule has 0 aliphatic heterocycles. The monoisotopic (exact) mass is 1030 g/mol. The van der Waals surface area contributed by atoms with Crippen LogP contribution in [-0.2, 0) is 34.1 Å². The van der Waals surface area contributed by atoms with E-state index in [0.29, 0.717) is 0 Å². The van der Waals surface area contributed by atoms with Gasteiger partial charge < -0.3 is 0 Å². The van der Waals surface area contributed by atoms with E-state index in [1.54, 1.807) is 0 Å². The van der Waals surface area contributed by atoms with E-state index >= 15 is 0 Å². The van der Waals surface area contributed by atoms with Crippen molar-refractivity contribution in [1.29, 1.82) is 2.38 Å². The van der Waals surface area contributed by atoms with Crippen LogP contribution >= 0.6 is 89.5 Å². The molecule has 5 nitrogen and oxygen atoms in total. The molecule has 32 heavy (non-hydrogen) atoms. The fraction of sp³-hybridized carbons (Fsp3) is 1.00. The molecule has 0 unspecified atom stereocenters. The molecule has 0 fully saturated rings. The van der Waals surface area contributed by atoms with E-state index in [0.717, 1.165) is 0 Å². The molecule has 0 heterocycles. The van der Waals surface area contributed by atoms with Gasteiger partial charge in [-0.15, -0.1) is 0 Å². The van der Waals surface area contributed by atoms with Gasteiger partial charge in [0.25, 0.3) is 0 Å². The summed E-state index contributed by atoms with van der Waals surface area (Å²) >= 11 is -5.51. The fourth-order valence-corrected chi connectivity index (χ4v) is 0. The maximum atomic E-state index is 8.71. The van der Waals surface area contributed by atoms with Gasteiger partial charge in [-0.2, -0.15) is 0 Å². The van der Waals surface area contributed by atoms with E-state index in [2.05, 4.69) is 0 Å². The van der Waals surface area contributed by atoms with E-state index in [1.165, 1.54) is 0 Å². The maximum absolute atomic E-state index is 8.71. The van der Waals surface area contributed by atoms with Gasteiger partial charge in [0.15, 0.2) is 0 Å². The molecular weight excluding hydrogens is 908 g/mol. The van der Waals surface area contributed by atoms with Gasteiger partial charge in [0, 0.05) is 94.4 Å². The summed E-state index contributed by atoms with van der Waals surface area (Å²) in [7, 11) is 0. The molecule has 0 saturated heterocycles. The fourth-order valence-electron chi connectivity index (χ4n) is 0. The average molecular weight is 1030 g/mol. The van der Waals surface area contributed by atoms with Crippen LogP contribution in [0.15, 0.2) is 0 Å². The van der Waals surface area contributed by atoms with Gasteiger partial charge in [-0.25, -0.2) is 0 Å². The van der Waals surface area contributed by atoms with Crippen LogP contribution in [0.3, 0.4) is 0 Å². The molecule has 0 rings (SSSR count). The van der Waals surface area contributed by atoms with Crippen LogP contribution in [-0.4, -0.2) is 69.7 Å². The van der Waals surface area contributed by atoms with Gasteiger partial charge in [-0.05, 0) is 0 Å². The summed E-state index contributed by atoms with van der Waals surface area (Å²) in [5, 5.41) is 0. The minimum atomic E-state index is -1.41. The van der Waals surface area contributed by atoms with E-state index in [-0.39, 0.29) is 217 Å². The van der Waals surface area contributed by atoms with Gasteiger partial charge in [-0.3, -0.25) is 12.3 Å². The molecule has 0 amide bonds. The van der Waals surface area contributed by atoms with Gasteiger partial charge in [0.2, 0.25) is 0 Å². The van der Waals surface area contributed by atoms with Gasteiger partial charge in [-0.1, -0.05) is 104 Å². The topological polar surface area (TPSA) is 85.3 Å². The van der Waals surface area contributed by atoms with Crippen molar-refractivity contribution < 1.29 is 61.2 Å². The van der Waals surface area contributed by atoms with Crippen molar-refractivity contribution >= 4 is 157 Å². The summed E-state index contributed by atoms with van der Waals surface area (Å²) in [6, 6.07) is 0. The number of rotatable bonds is 0. The summed E-state index contributed by atoms with van der Waals surface area (Å²) in [5.74, 6) is 0. The Labute approximate surface area is 322 Å². The van der Waals surface area contributed by atoms with Crippen molar-refractivity contribution in [2.75, 3.05) is 0 Å². The van der Waals surface area contributed by atoms with Gasteiger partial charge in [0.05, 0.1) is 0 Å². The Bertz CT molecular complexity index is 181. The molecule has 0 N–H and O–H groups in total. The zero-order valence-electron chi connectivity index (χ0n) is 12.9. The summed E-state index contributed by atoms with van der Waals surface area (Å²) < 4.78 is 66.3. The first-order valence-corrected chi connectivity index (χ1v) is 5.64. The third-order valence-corrected chi connectivity index (χ3v) is 0. The van der Waals surface area contributed by atoms with Crippen LogP contribution in [0.4, 0.5) is 0 Å². The second kappa shape index (κ2) is 3970. The van der Waals surface area contributed by atoms with Crippen LogP contribution in [0.2, 0.25) is 0 Å². The normalized spacial score (nSPS) is 2.44. The second-order valence-electron chi connectivity index (χ2n) is 0. The van der Waals surface area contributed by atoms with Crippen molar-refractivity contribution in [3.05, 3.63) is 0 Å². The molecule has 0 aromatic heterocycles. The Kier molecular flexibility index (Phi) is 34700. The van der Waals surface area contributed by atoms with E-state index in [1.807, 2.05) is 0 Å². The van der Waals surface area contributed by atoms with E-state index < -0.39 is 89.5 Å². The molecule has 0 aliphatic rings. The quantitative estimate of drug-likeness (QED) is 0.178. The number of hydrogen-bond acceptors (Lipinski definition) is 5. The number of hydrogen-bond donors (Lipinski definition) is 0. The van der Waals surface area contributed by atoms with Crippen molar-refractivity contribution in [3.63, 3.8) is 0 Å². The Balaban J connectivity index is -0.000000000353. The van der Waals surface area contributed by atoms with Gasteiger partial charge >= 0.3 is 21.8 Å². The Morgan fingerprint density at radius 3 is 0.344 bits per heavy atom. The van der Waals surface area contributed by atoms with Crippen molar-refractivity contribution in [1.82, 2.24) is 0 Å². The molecule has 0 bridgehead atoms. The zero-order valence-corrected chi connectivity index (χ0v) is 20.5. The Morgan fingerprint density at radius 1 is 0.344 bits per heavy atom. The number of halogens is 4. The van der Waals surface area contributed by atoms with Crippen molar-refractivity contribution in [3.8, 4) is 0 Å². The Morgan fingerprint density at radius 2 is 0.344 bits per heavy atom. The first-order chi connectivity index (χ1) is 6.66. The molecule has 0 aromatic carbocycles.